The predicted molar refractivity (Wildman–Crippen MR) is 172 cm³/mol. The minimum absolute atomic E-state index is 0.0491. The van der Waals surface area contributed by atoms with Gasteiger partial charge in [0.1, 0.15) is 12.2 Å². The molecular weight excluding hydrogens is 598 g/mol. The molecule has 0 saturated heterocycles. The molecule has 0 spiro atoms. The number of ether oxygens (including phenoxy) is 3. The third-order valence-electron chi connectivity index (χ3n) is 6.25. The number of aromatic nitrogens is 2. The topological polar surface area (TPSA) is 196 Å². The van der Waals surface area contributed by atoms with Crippen molar-refractivity contribution in [3.05, 3.63) is 51.7 Å². The van der Waals surface area contributed by atoms with Crippen molar-refractivity contribution in [2.45, 2.75) is 91.3 Å². The monoisotopic (exact) mass is 645 g/mol. The van der Waals surface area contributed by atoms with Gasteiger partial charge < -0.3 is 30.2 Å². The van der Waals surface area contributed by atoms with Gasteiger partial charge >= 0.3 is 18.2 Å². The van der Waals surface area contributed by atoms with E-state index in [1.54, 1.807) is 31.2 Å². The van der Waals surface area contributed by atoms with Gasteiger partial charge in [0, 0.05) is 37.5 Å². The standard InChI is InChI=1S/C31H47N7O8/c1-23-21-26(45-22-24-15-9-10-16-25(24)38(42)43)36-27(35-23)37-28(39)32-17-11-5-6-12-18-33-29(40)44-20-14-8-7-13-19-34-30(41)46-31(2,3)4/h9-10,15-16,21H,5-8,11-14,17-20,22H2,1-4H3,(H,33,40)(H,34,41)(H2,32,35,36,37,39). The Morgan fingerprint density at radius 1 is 0.848 bits per heavy atom. The van der Waals surface area contributed by atoms with Crippen LogP contribution in [0.5, 0.6) is 5.88 Å². The van der Waals surface area contributed by atoms with E-state index in [1.165, 1.54) is 6.07 Å². The number of hydrogen-bond donors (Lipinski definition) is 4. The molecule has 1 aromatic carbocycles. The van der Waals surface area contributed by atoms with Crippen LogP contribution in [0, 0.1) is 17.0 Å². The number of nitro groups is 1. The van der Waals surface area contributed by atoms with E-state index < -0.39 is 28.7 Å². The second-order valence-electron chi connectivity index (χ2n) is 11.5. The summed E-state index contributed by atoms with van der Waals surface area (Å²) in [7, 11) is 0. The fourth-order valence-corrected chi connectivity index (χ4v) is 4.08. The molecule has 46 heavy (non-hydrogen) atoms. The Hall–Kier alpha value is -4.69. The Labute approximate surface area is 269 Å². The number of nitrogens with one attached hydrogen (secondary N) is 4. The Bertz CT molecular complexity index is 1270. The number of nitro benzene ring substituents is 1. The molecule has 254 valence electrons. The Morgan fingerprint density at radius 2 is 1.46 bits per heavy atom. The maximum absolute atomic E-state index is 12.3. The smallest absolute Gasteiger partial charge is 0.407 e. The maximum Gasteiger partial charge on any atom is 0.407 e. The van der Waals surface area contributed by atoms with Crippen molar-refractivity contribution in [1.29, 1.82) is 0 Å². The number of rotatable bonds is 19. The van der Waals surface area contributed by atoms with Gasteiger partial charge in [-0.3, -0.25) is 15.4 Å². The fourth-order valence-electron chi connectivity index (χ4n) is 4.08. The molecule has 0 aliphatic carbocycles. The fraction of sp³-hybridized carbons (Fsp3) is 0.581. The lowest BCUT2D eigenvalue weighted by atomic mass is 10.2. The van der Waals surface area contributed by atoms with Crippen LogP contribution in [0.25, 0.3) is 0 Å². The van der Waals surface area contributed by atoms with Crippen molar-refractivity contribution in [3.63, 3.8) is 0 Å². The number of unbranched alkanes of at least 4 members (excludes halogenated alkanes) is 6. The SMILES string of the molecule is Cc1cc(OCc2ccccc2[N+](=O)[O-])nc(NC(=O)NCCCCCCNC(=O)OCCCCCCNC(=O)OC(C)(C)C)n1. The zero-order chi connectivity index (χ0) is 33.8. The number of aryl methyl sites for hydroxylation is 1. The highest BCUT2D eigenvalue weighted by atomic mass is 16.6. The maximum atomic E-state index is 12.3. The average molecular weight is 646 g/mol. The first-order valence-electron chi connectivity index (χ1n) is 15.6. The third kappa shape index (κ3) is 17.0. The molecule has 0 aliphatic heterocycles. The van der Waals surface area contributed by atoms with Gasteiger partial charge in [0.25, 0.3) is 5.69 Å². The first kappa shape index (κ1) is 37.5. The molecular formula is C31H47N7O8. The minimum atomic E-state index is -0.509. The largest absolute Gasteiger partial charge is 0.472 e. The summed E-state index contributed by atoms with van der Waals surface area (Å²) in [4.78, 5) is 54.8. The number of hydrogen-bond acceptors (Lipinski definition) is 10. The zero-order valence-electron chi connectivity index (χ0n) is 27.2. The van der Waals surface area contributed by atoms with Gasteiger partial charge in [0.15, 0.2) is 0 Å². The van der Waals surface area contributed by atoms with Gasteiger partial charge in [-0.2, -0.15) is 4.98 Å². The number of urea groups is 1. The van der Waals surface area contributed by atoms with Gasteiger partial charge in [-0.05, 0) is 65.9 Å². The molecule has 4 N–H and O–H groups in total. The molecule has 0 aliphatic rings. The van der Waals surface area contributed by atoms with Crippen LogP contribution in [-0.2, 0) is 16.1 Å². The number of benzene rings is 1. The van der Waals surface area contributed by atoms with Crippen molar-refractivity contribution in [1.82, 2.24) is 25.9 Å². The molecule has 0 unspecified atom stereocenters. The highest BCUT2D eigenvalue weighted by Gasteiger charge is 2.16. The van der Waals surface area contributed by atoms with E-state index in [2.05, 4.69) is 31.2 Å². The molecule has 2 rings (SSSR count). The van der Waals surface area contributed by atoms with E-state index in [0.29, 0.717) is 37.5 Å². The molecule has 2 aromatic rings. The summed E-state index contributed by atoms with van der Waals surface area (Å²) in [5, 5.41) is 22.0. The second-order valence-corrected chi connectivity index (χ2v) is 11.5. The highest BCUT2D eigenvalue weighted by molar-refractivity contribution is 5.87. The van der Waals surface area contributed by atoms with Crippen LogP contribution in [0.15, 0.2) is 30.3 Å². The van der Waals surface area contributed by atoms with Gasteiger partial charge in [0.2, 0.25) is 11.8 Å². The molecule has 15 nitrogen and oxygen atoms in total. The summed E-state index contributed by atoms with van der Waals surface area (Å²) in [5.41, 5.74) is 0.400. The van der Waals surface area contributed by atoms with Crippen LogP contribution < -0.4 is 26.0 Å². The number of carbonyl (C=O) groups excluding carboxylic acids is 3. The Morgan fingerprint density at radius 3 is 2.11 bits per heavy atom. The summed E-state index contributed by atoms with van der Waals surface area (Å²) in [6.07, 6.45) is 5.84. The van der Waals surface area contributed by atoms with Crippen molar-refractivity contribution in [2.75, 3.05) is 31.6 Å². The number of nitrogens with zero attached hydrogens (tertiary/aromatic N) is 3. The van der Waals surface area contributed by atoms with Crippen LogP contribution in [0.3, 0.4) is 0 Å². The number of anilines is 1. The van der Waals surface area contributed by atoms with E-state index in [4.69, 9.17) is 14.2 Å². The normalized spacial score (nSPS) is 10.9. The Kier molecular flexibility index (Phi) is 16.6. The van der Waals surface area contributed by atoms with Crippen LogP contribution in [-0.4, -0.2) is 65.0 Å². The lowest BCUT2D eigenvalue weighted by Gasteiger charge is -2.19. The van der Waals surface area contributed by atoms with E-state index >= 15 is 0 Å². The number of alkyl carbamates (subject to hydrolysis) is 2. The van der Waals surface area contributed by atoms with Crippen LogP contribution >= 0.6 is 0 Å². The summed E-state index contributed by atoms with van der Waals surface area (Å²) in [6.45, 7) is 8.97. The second kappa shape index (κ2) is 20.4. The summed E-state index contributed by atoms with van der Waals surface area (Å²) in [5.74, 6) is 0.237. The Balaban J connectivity index is 1.48. The van der Waals surface area contributed by atoms with Crippen LogP contribution in [0.1, 0.15) is 83.4 Å². The molecule has 0 fully saturated rings. The predicted octanol–water partition coefficient (Wildman–Crippen LogP) is 5.77. The molecule has 0 bridgehead atoms. The van der Waals surface area contributed by atoms with Crippen molar-refractivity contribution in [3.8, 4) is 5.88 Å². The van der Waals surface area contributed by atoms with E-state index in [-0.39, 0.29) is 24.1 Å². The van der Waals surface area contributed by atoms with Crippen molar-refractivity contribution in [2.24, 2.45) is 0 Å². The quantitative estimate of drug-likeness (QED) is 0.0827. The summed E-state index contributed by atoms with van der Waals surface area (Å²) < 4.78 is 16.0. The summed E-state index contributed by atoms with van der Waals surface area (Å²) >= 11 is 0. The number of amides is 4. The number of carbonyl (C=O) groups is 3. The van der Waals surface area contributed by atoms with Crippen LogP contribution in [0.4, 0.5) is 26.0 Å². The van der Waals surface area contributed by atoms with Gasteiger partial charge in [-0.1, -0.05) is 31.4 Å². The van der Waals surface area contributed by atoms with Crippen molar-refractivity contribution >= 4 is 29.9 Å². The zero-order valence-corrected chi connectivity index (χ0v) is 27.2. The molecule has 1 aromatic heterocycles. The average Bonchev–Trinajstić information content (AvgIpc) is 2.97. The van der Waals surface area contributed by atoms with E-state index in [0.717, 1.165) is 51.4 Å². The van der Waals surface area contributed by atoms with Crippen LogP contribution in [0.2, 0.25) is 0 Å². The lowest BCUT2D eigenvalue weighted by molar-refractivity contribution is -0.385. The number of para-hydroxylation sites is 1. The molecule has 0 radical (unpaired) electrons. The van der Waals surface area contributed by atoms with Gasteiger partial charge in [-0.15, -0.1) is 0 Å². The molecule has 1 heterocycles. The van der Waals surface area contributed by atoms with E-state index in [1.807, 2.05) is 20.8 Å². The first-order chi connectivity index (χ1) is 21.9. The minimum Gasteiger partial charge on any atom is -0.472 e. The molecule has 15 heteroatoms. The molecule has 0 saturated carbocycles. The van der Waals surface area contributed by atoms with E-state index in [9.17, 15) is 24.5 Å². The molecule has 0 atom stereocenters. The summed E-state index contributed by atoms with van der Waals surface area (Å²) in [6, 6.07) is 7.39. The van der Waals surface area contributed by atoms with Gasteiger partial charge in [0.05, 0.1) is 17.1 Å². The van der Waals surface area contributed by atoms with Crippen molar-refractivity contribution < 1.29 is 33.5 Å². The lowest BCUT2D eigenvalue weighted by Crippen LogP contribution is -2.32. The van der Waals surface area contributed by atoms with Gasteiger partial charge in [-0.25, -0.2) is 19.4 Å². The third-order valence-corrected chi connectivity index (χ3v) is 6.25. The first-order valence-corrected chi connectivity index (χ1v) is 15.6. The highest BCUT2D eigenvalue weighted by Crippen LogP contribution is 2.20. The molecule has 4 amide bonds.